The molecule has 0 aliphatic rings. The van der Waals surface area contributed by atoms with E-state index in [0.29, 0.717) is 0 Å². The third-order valence-electron chi connectivity index (χ3n) is 3.29. The summed E-state index contributed by atoms with van der Waals surface area (Å²) in [6.45, 7) is 4.64. The number of aliphatic carboxylic acids is 1. The van der Waals surface area contributed by atoms with Crippen molar-refractivity contribution in [1.29, 1.82) is 0 Å². The van der Waals surface area contributed by atoms with Crippen LogP contribution in [0, 0.1) is 5.92 Å². The number of benzene rings is 1. The number of rotatable bonds is 8. The molecule has 0 spiro atoms. The van der Waals surface area contributed by atoms with Gasteiger partial charge in [-0.1, -0.05) is 6.92 Å². The van der Waals surface area contributed by atoms with E-state index >= 15 is 0 Å². The predicted octanol–water partition coefficient (Wildman–Crippen LogP) is 1.38. The lowest BCUT2D eigenvalue weighted by atomic mass is 9.98. The van der Waals surface area contributed by atoms with Gasteiger partial charge in [0.2, 0.25) is 0 Å². The average Bonchev–Trinajstić information content (AvgIpc) is 2.52. The van der Waals surface area contributed by atoms with Crippen LogP contribution in [-0.2, 0) is 19.1 Å². The Labute approximate surface area is 145 Å². The Morgan fingerprint density at radius 3 is 2.24 bits per heavy atom. The van der Waals surface area contributed by atoms with Crippen molar-refractivity contribution in [2.24, 2.45) is 5.92 Å². The van der Waals surface area contributed by atoms with E-state index in [2.05, 4.69) is 5.32 Å². The first kappa shape index (κ1) is 20.1. The molecule has 0 saturated carbocycles. The fraction of sp³-hybridized carbons (Fsp3) is 0.412. The first-order valence-electron chi connectivity index (χ1n) is 7.72. The SMILES string of the molecule is CCOC(=O)C[C@@H](C)[C@@H](NC(=O)c1ccc(OC(C)=O)cc1)C(=O)O. The van der Waals surface area contributed by atoms with Gasteiger partial charge >= 0.3 is 17.9 Å². The van der Waals surface area contributed by atoms with Gasteiger partial charge in [-0.2, -0.15) is 0 Å². The van der Waals surface area contributed by atoms with Crippen molar-refractivity contribution in [3.8, 4) is 5.75 Å². The summed E-state index contributed by atoms with van der Waals surface area (Å²) in [4.78, 5) is 46.0. The molecule has 2 N–H and O–H groups in total. The lowest BCUT2D eigenvalue weighted by Gasteiger charge is -2.20. The Kier molecular flexibility index (Phi) is 7.58. The Bertz CT molecular complexity index is 639. The molecule has 0 bridgehead atoms. The van der Waals surface area contributed by atoms with E-state index in [1.807, 2.05) is 0 Å². The smallest absolute Gasteiger partial charge is 0.326 e. The van der Waals surface area contributed by atoms with Crippen molar-refractivity contribution < 1.29 is 33.8 Å². The highest BCUT2D eigenvalue weighted by atomic mass is 16.5. The first-order valence-corrected chi connectivity index (χ1v) is 7.72. The highest BCUT2D eigenvalue weighted by molar-refractivity contribution is 5.96. The minimum Gasteiger partial charge on any atom is -0.480 e. The highest BCUT2D eigenvalue weighted by Gasteiger charge is 2.29. The maximum Gasteiger partial charge on any atom is 0.326 e. The minimum atomic E-state index is -1.25. The normalized spacial score (nSPS) is 12.6. The number of esters is 2. The van der Waals surface area contributed by atoms with Crippen LogP contribution in [0.3, 0.4) is 0 Å². The number of ether oxygens (including phenoxy) is 2. The monoisotopic (exact) mass is 351 g/mol. The van der Waals surface area contributed by atoms with Crippen LogP contribution in [0.15, 0.2) is 24.3 Å². The summed E-state index contributed by atoms with van der Waals surface area (Å²) in [6.07, 6.45) is -0.128. The van der Waals surface area contributed by atoms with Gasteiger partial charge in [0.25, 0.3) is 5.91 Å². The van der Waals surface area contributed by atoms with E-state index in [1.54, 1.807) is 13.8 Å². The molecule has 2 atom stereocenters. The maximum absolute atomic E-state index is 12.2. The number of carboxylic acids is 1. The Morgan fingerprint density at radius 2 is 1.76 bits per heavy atom. The molecule has 0 aromatic heterocycles. The average molecular weight is 351 g/mol. The van der Waals surface area contributed by atoms with Gasteiger partial charge in [0.1, 0.15) is 11.8 Å². The molecule has 1 rings (SSSR count). The van der Waals surface area contributed by atoms with E-state index < -0.39 is 35.8 Å². The predicted molar refractivity (Wildman–Crippen MR) is 87.1 cm³/mol. The molecule has 8 nitrogen and oxygen atoms in total. The van der Waals surface area contributed by atoms with E-state index in [0.717, 1.165) is 0 Å². The van der Waals surface area contributed by atoms with Gasteiger partial charge in [-0.25, -0.2) is 4.79 Å². The second-order valence-electron chi connectivity index (χ2n) is 5.39. The highest BCUT2D eigenvalue weighted by Crippen LogP contribution is 2.14. The molecule has 1 amide bonds. The molecule has 0 fully saturated rings. The molecule has 1 aromatic rings. The van der Waals surface area contributed by atoms with Crippen LogP contribution in [-0.4, -0.2) is 41.6 Å². The number of amides is 1. The van der Waals surface area contributed by atoms with E-state index in [1.165, 1.54) is 31.2 Å². The Hall–Kier alpha value is -2.90. The van der Waals surface area contributed by atoms with Crippen LogP contribution in [0.1, 0.15) is 37.6 Å². The zero-order valence-corrected chi connectivity index (χ0v) is 14.3. The quantitative estimate of drug-likeness (QED) is 0.536. The Balaban J connectivity index is 2.77. The maximum atomic E-state index is 12.2. The molecule has 0 radical (unpaired) electrons. The van der Waals surface area contributed by atoms with Gasteiger partial charge in [-0.15, -0.1) is 0 Å². The summed E-state index contributed by atoms with van der Waals surface area (Å²) in [5.41, 5.74) is 0.200. The van der Waals surface area contributed by atoms with Crippen LogP contribution >= 0.6 is 0 Å². The van der Waals surface area contributed by atoms with Crippen molar-refractivity contribution in [2.75, 3.05) is 6.61 Å². The second-order valence-corrected chi connectivity index (χ2v) is 5.39. The standard InChI is InChI=1S/C17H21NO7/c1-4-24-14(20)9-10(2)15(17(22)23)18-16(21)12-5-7-13(8-6-12)25-11(3)19/h5-8,10,15H,4,9H2,1-3H3,(H,18,21)(H,22,23)/t10-,15-/m1/s1. The van der Waals surface area contributed by atoms with Gasteiger partial charge in [0.15, 0.2) is 0 Å². The summed E-state index contributed by atoms with van der Waals surface area (Å²) in [5.74, 6) is -3.26. The molecule has 0 aliphatic carbocycles. The van der Waals surface area contributed by atoms with Crippen molar-refractivity contribution in [1.82, 2.24) is 5.32 Å². The lowest BCUT2D eigenvalue weighted by Crippen LogP contribution is -2.45. The van der Waals surface area contributed by atoms with E-state index in [9.17, 15) is 24.3 Å². The summed E-state index contributed by atoms with van der Waals surface area (Å²) >= 11 is 0. The van der Waals surface area contributed by atoms with Crippen LogP contribution in [0.25, 0.3) is 0 Å². The zero-order valence-electron chi connectivity index (χ0n) is 14.3. The van der Waals surface area contributed by atoms with Crippen LogP contribution in [0.4, 0.5) is 0 Å². The Morgan fingerprint density at radius 1 is 1.16 bits per heavy atom. The molecule has 0 aliphatic heterocycles. The topological polar surface area (TPSA) is 119 Å². The molecular formula is C17H21NO7. The molecule has 25 heavy (non-hydrogen) atoms. The van der Waals surface area contributed by atoms with Crippen LogP contribution < -0.4 is 10.1 Å². The molecule has 0 unspecified atom stereocenters. The molecule has 0 heterocycles. The number of hydrogen-bond donors (Lipinski definition) is 2. The number of carbonyl (C=O) groups is 4. The number of carboxylic acid groups (broad SMARTS) is 1. The van der Waals surface area contributed by atoms with Crippen LogP contribution in [0.2, 0.25) is 0 Å². The van der Waals surface area contributed by atoms with Crippen molar-refractivity contribution in [2.45, 2.75) is 33.2 Å². The lowest BCUT2D eigenvalue weighted by molar-refractivity contribution is -0.146. The third-order valence-corrected chi connectivity index (χ3v) is 3.29. The van der Waals surface area contributed by atoms with Gasteiger partial charge in [-0.3, -0.25) is 14.4 Å². The molecule has 8 heteroatoms. The second kappa shape index (κ2) is 9.41. The summed E-state index contributed by atoms with van der Waals surface area (Å²) < 4.78 is 9.65. The summed E-state index contributed by atoms with van der Waals surface area (Å²) in [6, 6.07) is 4.41. The van der Waals surface area contributed by atoms with Gasteiger partial charge in [0, 0.05) is 12.5 Å². The van der Waals surface area contributed by atoms with E-state index in [-0.39, 0.29) is 24.3 Å². The first-order chi connectivity index (χ1) is 11.7. The minimum absolute atomic E-state index is 0.128. The molecule has 136 valence electrons. The van der Waals surface area contributed by atoms with Crippen molar-refractivity contribution in [3.63, 3.8) is 0 Å². The number of carbonyl (C=O) groups excluding carboxylic acids is 3. The van der Waals surface area contributed by atoms with Crippen molar-refractivity contribution >= 4 is 23.8 Å². The largest absolute Gasteiger partial charge is 0.480 e. The van der Waals surface area contributed by atoms with E-state index in [4.69, 9.17) is 9.47 Å². The molecule has 1 aromatic carbocycles. The number of hydrogen-bond acceptors (Lipinski definition) is 6. The van der Waals surface area contributed by atoms with Gasteiger partial charge in [-0.05, 0) is 37.1 Å². The van der Waals surface area contributed by atoms with Gasteiger partial charge in [0.05, 0.1) is 13.0 Å². The number of nitrogens with one attached hydrogen (secondary N) is 1. The summed E-state index contributed by atoms with van der Waals surface area (Å²) in [5, 5.41) is 11.7. The summed E-state index contributed by atoms with van der Waals surface area (Å²) in [7, 11) is 0. The third kappa shape index (κ3) is 6.62. The van der Waals surface area contributed by atoms with Gasteiger partial charge < -0.3 is 19.9 Å². The fourth-order valence-corrected chi connectivity index (χ4v) is 2.11. The molecule has 0 saturated heterocycles. The van der Waals surface area contributed by atoms with Crippen molar-refractivity contribution in [3.05, 3.63) is 29.8 Å². The molecular weight excluding hydrogens is 330 g/mol. The fourth-order valence-electron chi connectivity index (χ4n) is 2.11. The zero-order chi connectivity index (χ0) is 19.0. The van der Waals surface area contributed by atoms with Crippen LogP contribution in [0.5, 0.6) is 5.75 Å².